The minimum absolute atomic E-state index is 0.238. The van der Waals surface area contributed by atoms with Crippen molar-refractivity contribution in [3.63, 3.8) is 0 Å². The molecule has 3 aromatic carbocycles. The SMILES string of the molecule is N#Cc1cccc(NC(=O)N[C@H](Cc2ccccc2)C(=O)Nc2nnc(-c3ccc(F)cc3)s2)c1. The van der Waals surface area contributed by atoms with E-state index in [4.69, 9.17) is 5.26 Å². The van der Waals surface area contributed by atoms with Gasteiger partial charge in [-0.15, -0.1) is 10.2 Å². The summed E-state index contributed by atoms with van der Waals surface area (Å²) in [7, 11) is 0. The molecule has 3 amide bonds. The lowest BCUT2D eigenvalue weighted by Crippen LogP contribution is -2.46. The van der Waals surface area contributed by atoms with Crippen LogP contribution in [0.4, 0.5) is 20.0 Å². The molecule has 1 atom stereocenters. The smallest absolute Gasteiger partial charge is 0.319 e. The predicted molar refractivity (Wildman–Crippen MR) is 131 cm³/mol. The van der Waals surface area contributed by atoms with Gasteiger partial charge < -0.3 is 10.6 Å². The summed E-state index contributed by atoms with van der Waals surface area (Å²) in [4.78, 5) is 25.7. The summed E-state index contributed by atoms with van der Waals surface area (Å²) in [5.41, 5.74) is 2.34. The van der Waals surface area contributed by atoms with E-state index in [0.717, 1.165) is 16.9 Å². The Hall–Kier alpha value is -4.62. The van der Waals surface area contributed by atoms with Gasteiger partial charge in [-0.1, -0.05) is 47.7 Å². The van der Waals surface area contributed by atoms with Crippen LogP contribution >= 0.6 is 11.3 Å². The van der Waals surface area contributed by atoms with Crippen molar-refractivity contribution in [3.05, 3.63) is 95.8 Å². The lowest BCUT2D eigenvalue weighted by Gasteiger charge is -2.18. The maximum atomic E-state index is 13.2. The number of carbonyl (C=O) groups is 2. The van der Waals surface area contributed by atoms with Gasteiger partial charge in [-0.05, 0) is 48.0 Å². The number of aromatic nitrogens is 2. The summed E-state index contributed by atoms with van der Waals surface area (Å²) < 4.78 is 13.2. The summed E-state index contributed by atoms with van der Waals surface area (Å²) >= 11 is 1.13. The van der Waals surface area contributed by atoms with E-state index < -0.39 is 18.0 Å². The van der Waals surface area contributed by atoms with Crippen molar-refractivity contribution in [2.24, 2.45) is 0 Å². The Labute approximate surface area is 204 Å². The molecule has 174 valence electrons. The Bertz CT molecular complexity index is 1370. The molecule has 0 unspecified atom stereocenters. The summed E-state index contributed by atoms with van der Waals surface area (Å²) in [6.45, 7) is 0. The molecule has 4 aromatic rings. The monoisotopic (exact) mass is 486 g/mol. The van der Waals surface area contributed by atoms with Gasteiger partial charge in [0.05, 0.1) is 11.6 Å². The number of nitriles is 1. The molecule has 0 bridgehead atoms. The second-order valence-electron chi connectivity index (χ2n) is 7.44. The molecule has 1 heterocycles. The predicted octanol–water partition coefficient (Wildman–Crippen LogP) is 4.59. The average Bonchev–Trinajstić information content (AvgIpc) is 3.33. The van der Waals surface area contributed by atoms with E-state index in [1.807, 2.05) is 36.4 Å². The number of urea groups is 1. The number of nitrogens with zero attached hydrogens (tertiary/aromatic N) is 3. The first kappa shape index (κ1) is 23.5. The molecule has 0 aliphatic rings. The number of hydrogen-bond donors (Lipinski definition) is 3. The Morgan fingerprint density at radius 3 is 2.49 bits per heavy atom. The van der Waals surface area contributed by atoms with Crippen LogP contribution in [0.3, 0.4) is 0 Å². The first-order chi connectivity index (χ1) is 17.0. The minimum atomic E-state index is -0.922. The van der Waals surface area contributed by atoms with E-state index in [0.29, 0.717) is 21.8 Å². The standard InChI is InChI=1S/C25H19FN6O2S/c26-19-11-9-18(10-12-19)23-31-32-25(35-23)30-22(33)21(14-16-5-2-1-3-6-16)29-24(34)28-20-8-4-7-17(13-20)15-27/h1-13,21H,14H2,(H2,28,29,34)(H,30,32,33)/t21-/m1/s1. The summed E-state index contributed by atoms with van der Waals surface area (Å²) in [5, 5.41) is 25.9. The van der Waals surface area contributed by atoms with Crippen molar-refractivity contribution >= 4 is 34.1 Å². The molecule has 0 saturated carbocycles. The van der Waals surface area contributed by atoms with Gasteiger partial charge in [-0.25, -0.2) is 9.18 Å². The number of rotatable bonds is 7. The Morgan fingerprint density at radius 2 is 1.74 bits per heavy atom. The number of benzene rings is 3. The first-order valence-electron chi connectivity index (χ1n) is 10.5. The third-order valence-corrected chi connectivity index (χ3v) is 5.79. The van der Waals surface area contributed by atoms with Crippen LogP contribution in [0.2, 0.25) is 0 Å². The number of anilines is 2. The van der Waals surface area contributed by atoms with Gasteiger partial charge >= 0.3 is 6.03 Å². The van der Waals surface area contributed by atoms with Gasteiger partial charge in [0.25, 0.3) is 0 Å². The normalized spacial score (nSPS) is 11.2. The number of nitrogens with one attached hydrogen (secondary N) is 3. The van der Waals surface area contributed by atoms with Crippen molar-refractivity contribution in [1.82, 2.24) is 15.5 Å². The van der Waals surface area contributed by atoms with Crippen LogP contribution in [0.5, 0.6) is 0 Å². The highest BCUT2D eigenvalue weighted by Crippen LogP contribution is 2.26. The molecule has 8 nitrogen and oxygen atoms in total. The molecule has 0 saturated heterocycles. The second kappa shape index (κ2) is 11.0. The van der Waals surface area contributed by atoms with Gasteiger partial charge in [0, 0.05) is 17.7 Å². The summed E-state index contributed by atoms with van der Waals surface area (Å²) in [6.07, 6.45) is 0.238. The topological polar surface area (TPSA) is 120 Å². The zero-order valence-electron chi connectivity index (χ0n) is 18.2. The van der Waals surface area contributed by atoms with Crippen LogP contribution in [-0.2, 0) is 11.2 Å². The molecular formula is C25H19FN6O2S. The van der Waals surface area contributed by atoms with Crippen molar-refractivity contribution in [3.8, 4) is 16.6 Å². The van der Waals surface area contributed by atoms with Crippen molar-refractivity contribution < 1.29 is 14.0 Å². The minimum Gasteiger partial charge on any atom is -0.326 e. The third kappa shape index (κ3) is 6.46. The molecule has 0 aliphatic heterocycles. The van der Waals surface area contributed by atoms with Crippen LogP contribution in [0, 0.1) is 17.1 Å². The molecule has 1 aromatic heterocycles. The van der Waals surface area contributed by atoms with Gasteiger partial charge in [0.1, 0.15) is 16.9 Å². The van der Waals surface area contributed by atoms with E-state index in [2.05, 4.69) is 26.1 Å². The van der Waals surface area contributed by atoms with Gasteiger partial charge in [-0.2, -0.15) is 5.26 Å². The van der Waals surface area contributed by atoms with Crippen LogP contribution in [-0.4, -0.2) is 28.2 Å². The quantitative estimate of drug-likeness (QED) is 0.353. The fraction of sp³-hybridized carbons (Fsp3) is 0.0800. The highest BCUT2D eigenvalue weighted by atomic mass is 32.1. The van der Waals surface area contributed by atoms with Crippen molar-refractivity contribution in [2.45, 2.75) is 12.5 Å². The van der Waals surface area contributed by atoms with E-state index in [1.54, 1.807) is 30.3 Å². The number of halogens is 1. The summed E-state index contributed by atoms with van der Waals surface area (Å²) in [5.74, 6) is -0.837. The second-order valence-corrected chi connectivity index (χ2v) is 8.42. The van der Waals surface area contributed by atoms with Crippen molar-refractivity contribution in [2.75, 3.05) is 10.6 Å². The van der Waals surface area contributed by atoms with Gasteiger partial charge in [0.15, 0.2) is 0 Å². The van der Waals surface area contributed by atoms with Crippen LogP contribution < -0.4 is 16.0 Å². The van der Waals surface area contributed by atoms with E-state index in [9.17, 15) is 14.0 Å². The summed E-state index contributed by atoms with van der Waals surface area (Å²) in [6, 6.07) is 22.0. The highest BCUT2D eigenvalue weighted by Gasteiger charge is 2.23. The van der Waals surface area contributed by atoms with Crippen LogP contribution in [0.25, 0.3) is 10.6 Å². The fourth-order valence-corrected chi connectivity index (χ4v) is 3.98. The zero-order valence-corrected chi connectivity index (χ0v) is 19.1. The Kier molecular flexibility index (Phi) is 7.40. The molecule has 4 rings (SSSR count). The molecule has 10 heteroatoms. The zero-order chi connectivity index (χ0) is 24.6. The van der Waals surface area contributed by atoms with E-state index >= 15 is 0 Å². The fourth-order valence-electron chi connectivity index (χ4n) is 3.23. The largest absolute Gasteiger partial charge is 0.326 e. The number of hydrogen-bond acceptors (Lipinski definition) is 6. The molecule has 35 heavy (non-hydrogen) atoms. The Morgan fingerprint density at radius 1 is 0.971 bits per heavy atom. The van der Waals surface area contributed by atoms with Gasteiger partial charge in [-0.3, -0.25) is 10.1 Å². The lowest BCUT2D eigenvalue weighted by atomic mass is 10.1. The first-order valence-corrected chi connectivity index (χ1v) is 11.3. The lowest BCUT2D eigenvalue weighted by molar-refractivity contribution is -0.117. The van der Waals surface area contributed by atoms with Crippen LogP contribution in [0.1, 0.15) is 11.1 Å². The molecular weight excluding hydrogens is 467 g/mol. The Balaban J connectivity index is 1.47. The number of carbonyl (C=O) groups excluding carboxylic acids is 2. The molecule has 3 N–H and O–H groups in total. The highest BCUT2D eigenvalue weighted by molar-refractivity contribution is 7.18. The maximum absolute atomic E-state index is 13.2. The molecule has 0 aliphatic carbocycles. The van der Waals surface area contributed by atoms with E-state index in [-0.39, 0.29) is 17.4 Å². The number of amides is 3. The average molecular weight is 487 g/mol. The molecule has 0 spiro atoms. The molecule has 0 radical (unpaired) electrons. The van der Waals surface area contributed by atoms with Crippen LogP contribution in [0.15, 0.2) is 78.9 Å². The van der Waals surface area contributed by atoms with Crippen molar-refractivity contribution in [1.29, 1.82) is 5.26 Å². The van der Waals surface area contributed by atoms with E-state index in [1.165, 1.54) is 18.2 Å². The maximum Gasteiger partial charge on any atom is 0.319 e. The van der Waals surface area contributed by atoms with Gasteiger partial charge in [0.2, 0.25) is 11.0 Å². The third-order valence-electron chi connectivity index (χ3n) is 4.90. The molecule has 0 fully saturated rings.